The smallest absolute Gasteiger partial charge is 0.0208 e. The standard InChI is InChI=1S/C17H27N/c1-4-14-5-7-15(8-6-14)13-18-16-9-11-17(2,3)12-10-16/h5-8,16,18H,4,9-13H2,1-3H3. The van der Waals surface area contributed by atoms with Crippen LogP contribution >= 0.6 is 0 Å². The van der Waals surface area contributed by atoms with Crippen molar-refractivity contribution in [1.29, 1.82) is 0 Å². The van der Waals surface area contributed by atoms with Gasteiger partial charge in [-0.3, -0.25) is 0 Å². The first-order valence-electron chi connectivity index (χ1n) is 7.40. The SMILES string of the molecule is CCc1ccc(CNC2CCC(C)(C)CC2)cc1. The zero-order chi connectivity index (χ0) is 13.0. The molecule has 0 heterocycles. The summed E-state index contributed by atoms with van der Waals surface area (Å²) < 4.78 is 0. The van der Waals surface area contributed by atoms with Gasteiger partial charge in [-0.25, -0.2) is 0 Å². The Kier molecular flexibility index (Phi) is 4.45. The molecule has 0 unspecified atom stereocenters. The lowest BCUT2D eigenvalue weighted by molar-refractivity contribution is 0.206. The molecule has 0 aliphatic heterocycles. The highest BCUT2D eigenvalue weighted by molar-refractivity contribution is 5.22. The quantitative estimate of drug-likeness (QED) is 0.833. The van der Waals surface area contributed by atoms with E-state index in [9.17, 15) is 0 Å². The summed E-state index contributed by atoms with van der Waals surface area (Å²) in [4.78, 5) is 0. The van der Waals surface area contributed by atoms with Crippen LogP contribution in [-0.2, 0) is 13.0 Å². The second-order valence-electron chi connectivity index (χ2n) is 6.49. The number of aryl methyl sites for hydroxylation is 1. The van der Waals surface area contributed by atoms with Crippen LogP contribution in [0.15, 0.2) is 24.3 Å². The first-order chi connectivity index (χ1) is 8.59. The molecular weight excluding hydrogens is 218 g/mol. The highest BCUT2D eigenvalue weighted by Gasteiger charge is 2.26. The van der Waals surface area contributed by atoms with Crippen LogP contribution in [0, 0.1) is 5.41 Å². The van der Waals surface area contributed by atoms with E-state index in [2.05, 4.69) is 50.4 Å². The Bertz CT molecular complexity index is 354. The molecule has 1 aromatic rings. The lowest BCUT2D eigenvalue weighted by Crippen LogP contribution is -2.35. The Morgan fingerprint density at radius 2 is 1.61 bits per heavy atom. The van der Waals surface area contributed by atoms with Crippen LogP contribution < -0.4 is 5.32 Å². The van der Waals surface area contributed by atoms with Gasteiger partial charge in [-0.05, 0) is 48.6 Å². The maximum absolute atomic E-state index is 3.71. The molecular formula is C17H27N. The minimum atomic E-state index is 0.570. The average molecular weight is 245 g/mol. The fraction of sp³-hybridized carbons (Fsp3) is 0.647. The number of hydrogen-bond donors (Lipinski definition) is 1. The van der Waals surface area contributed by atoms with E-state index < -0.39 is 0 Å². The summed E-state index contributed by atoms with van der Waals surface area (Å²) in [6.07, 6.45) is 6.52. The van der Waals surface area contributed by atoms with Crippen LogP contribution in [0.3, 0.4) is 0 Å². The predicted octanol–water partition coefficient (Wildman–Crippen LogP) is 4.31. The minimum absolute atomic E-state index is 0.570. The maximum Gasteiger partial charge on any atom is 0.0208 e. The van der Waals surface area contributed by atoms with Crippen molar-refractivity contribution in [3.63, 3.8) is 0 Å². The van der Waals surface area contributed by atoms with Crippen LogP contribution in [0.1, 0.15) is 57.6 Å². The molecule has 1 aromatic carbocycles. The molecule has 1 saturated carbocycles. The highest BCUT2D eigenvalue weighted by Crippen LogP contribution is 2.35. The van der Waals surface area contributed by atoms with Crippen molar-refractivity contribution < 1.29 is 0 Å². The number of benzene rings is 1. The largest absolute Gasteiger partial charge is 0.310 e. The van der Waals surface area contributed by atoms with Gasteiger partial charge in [0.15, 0.2) is 0 Å². The van der Waals surface area contributed by atoms with Gasteiger partial charge in [-0.2, -0.15) is 0 Å². The summed E-state index contributed by atoms with van der Waals surface area (Å²) in [7, 11) is 0. The topological polar surface area (TPSA) is 12.0 Å². The highest BCUT2D eigenvalue weighted by atomic mass is 14.9. The molecule has 1 heteroatoms. The van der Waals surface area contributed by atoms with Gasteiger partial charge in [-0.15, -0.1) is 0 Å². The third-order valence-corrected chi connectivity index (χ3v) is 4.37. The first-order valence-corrected chi connectivity index (χ1v) is 7.40. The Balaban J connectivity index is 1.78. The molecule has 0 bridgehead atoms. The third kappa shape index (κ3) is 3.84. The lowest BCUT2D eigenvalue weighted by Gasteiger charge is -2.34. The Morgan fingerprint density at radius 3 is 2.17 bits per heavy atom. The van der Waals surface area contributed by atoms with Crippen molar-refractivity contribution in [3.8, 4) is 0 Å². The molecule has 1 fully saturated rings. The van der Waals surface area contributed by atoms with Crippen molar-refractivity contribution >= 4 is 0 Å². The van der Waals surface area contributed by atoms with Crippen LogP contribution in [0.4, 0.5) is 0 Å². The first kappa shape index (κ1) is 13.6. The van der Waals surface area contributed by atoms with Crippen molar-refractivity contribution in [1.82, 2.24) is 5.32 Å². The second-order valence-corrected chi connectivity index (χ2v) is 6.49. The number of hydrogen-bond acceptors (Lipinski definition) is 1. The van der Waals surface area contributed by atoms with Gasteiger partial charge in [0.2, 0.25) is 0 Å². The molecule has 0 amide bonds. The molecule has 1 N–H and O–H groups in total. The molecule has 0 spiro atoms. The molecule has 0 radical (unpaired) electrons. The lowest BCUT2D eigenvalue weighted by atomic mass is 9.75. The average Bonchev–Trinajstić information content (AvgIpc) is 2.38. The summed E-state index contributed by atoms with van der Waals surface area (Å²) in [5, 5.41) is 3.71. The van der Waals surface area contributed by atoms with E-state index in [1.807, 2.05) is 0 Å². The minimum Gasteiger partial charge on any atom is -0.310 e. The molecule has 1 nitrogen and oxygen atoms in total. The summed E-state index contributed by atoms with van der Waals surface area (Å²) in [6.45, 7) is 8.02. The van der Waals surface area contributed by atoms with Crippen molar-refractivity contribution in [2.45, 2.75) is 65.5 Å². The van der Waals surface area contributed by atoms with E-state index >= 15 is 0 Å². The Hall–Kier alpha value is -0.820. The van der Waals surface area contributed by atoms with E-state index in [1.54, 1.807) is 0 Å². The van der Waals surface area contributed by atoms with E-state index in [0.717, 1.165) is 19.0 Å². The predicted molar refractivity (Wildman–Crippen MR) is 78.7 cm³/mol. The summed E-state index contributed by atoms with van der Waals surface area (Å²) >= 11 is 0. The van der Waals surface area contributed by atoms with E-state index in [1.165, 1.54) is 36.8 Å². The van der Waals surface area contributed by atoms with Crippen molar-refractivity contribution in [3.05, 3.63) is 35.4 Å². The molecule has 0 aromatic heterocycles. The van der Waals surface area contributed by atoms with E-state index in [4.69, 9.17) is 0 Å². The Labute approximate surface area is 112 Å². The van der Waals surface area contributed by atoms with Crippen LogP contribution in [0.5, 0.6) is 0 Å². The normalized spacial score (nSPS) is 19.9. The van der Waals surface area contributed by atoms with Gasteiger partial charge in [-0.1, -0.05) is 45.0 Å². The van der Waals surface area contributed by atoms with Gasteiger partial charge in [0.05, 0.1) is 0 Å². The molecule has 0 atom stereocenters. The van der Waals surface area contributed by atoms with Crippen molar-refractivity contribution in [2.24, 2.45) is 5.41 Å². The van der Waals surface area contributed by atoms with Crippen LogP contribution in [0.2, 0.25) is 0 Å². The van der Waals surface area contributed by atoms with Crippen molar-refractivity contribution in [2.75, 3.05) is 0 Å². The van der Waals surface area contributed by atoms with Crippen LogP contribution in [0.25, 0.3) is 0 Å². The summed E-state index contributed by atoms with van der Waals surface area (Å²) in [5.74, 6) is 0. The molecule has 2 rings (SSSR count). The molecule has 1 aliphatic carbocycles. The fourth-order valence-electron chi connectivity index (χ4n) is 2.76. The van der Waals surface area contributed by atoms with Crippen LogP contribution in [-0.4, -0.2) is 6.04 Å². The number of nitrogens with one attached hydrogen (secondary N) is 1. The van der Waals surface area contributed by atoms with Gasteiger partial charge in [0, 0.05) is 12.6 Å². The molecule has 18 heavy (non-hydrogen) atoms. The maximum atomic E-state index is 3.71. The van der Waals surface area contributed by atoms with E-state index in [0.29, 0.717) is 5.41 Å². The third-order valence-electron chi connectivity index (χ3n) is 4.37. The summed E-state index contributed by atoms with van der Waals surface area (Å²) in [6, 6.07) is 9.75. The molecule has 100 valence electrons. The zero-order valence-electron chi connectivity index (χ0n) is 12.1. The summed E-state index contributed by atoms with van der Waals surface area (Å²) in [5.41, 5.74) is 3.41. The van der Waals surface area contributed by atoms with E-state index in [-0.39, 0.29) is 0 Å². The second kappa shape index (κ2) is 5.88. The monoisotopic (exact) mass is 245 g/mol. The zero-order valence-corrected chi connectivity index (χ0v) is 12.1. The fourth-order valence-corrected chi connectivity index (χ4v) is 2.76. The molecule has 1 aliphatic rings. The van der Waals surface area contributed by atoms with Gasteiger partial charge < -0.3 is 5.32 Å². The van der Waals surface area contributed by atoms with Gasteiger partial charge in [0.25, 0.3) is 0 Å². The molecule has 0 saturated heterocycles. The number of rotatable bonds is 4. The van der Waals surface area contributed by atoms with Gasteiger partial charge >= 0.3 is 0 Å². The van der Waals surface area contributed by atoms with Gasteiger partial charge in [0.1, 0.15) is 0 Å². The Morgan fingerprint density at radius 1 is 1.06 bits per heavy atom.